The number of piperidine rings is 1. The Balaban J connectivity index is 1.51. The number of hydrogen-bond donors (Lipinski definition) is 0. The first-order valence-corrected chi connectivity index (χ1v) is 14.7. The number of hydrogen-bond acceptors (Lipinski definition) is 5. The Labute approximate surface area is 210 Å². The van der Waals surface area contributed by atoms with E-state index in [1.54, 1.807) is 0 Å². The molecule has 5 heteroatoms. The first kappa shape index (κ1) is 29.3. The summed E-state index contributed by atoms with van der Waals surface area (Å²) < 4.78 is 5.90. The molecule has 1 fully saturated rings. The van der Waals surface area contributed by atoms with Gasteiger partial charge in [0.1, 0.15) is 12.7 Å². The number of carbonyl (C=O) groups is 1. The van der Waals surface area contributed by atoms with Crippen LogP contribution in [0.2, 0.25) is 0 Å². The van der Waals surface area contributed by atoms with E-state index >= 15 is 0 Å². The average molecular weight is 479 g/mol. The summed E-state index contributed by atoms with van der Waals surface area (Å²) in [5, 5.41) is 1.99. The molecule has 0 amide bonds. The summed E-state index contributed by atoms with van der Waals surface area (Å²) in [6, 6.07) is 0. The predicted molar refractivity (Wildman–Crippen MR) is 142 cm³/mol. The number of hydroxylamine groups is 2. The fourth-order valence-corrected chi connectivity index (χ4v) is 5.01. The largest absolute Gasteiger partial charge is 0.458 e. The number of ether oxygens (including phenoxy) is 1. The summed E-state index contributed by atoms with van der Waals surface area (Å²) in [6.45, 7) is 7.51. The van der Waals surface area contributed by atoms with E-state index in [1.807, 2.05) is 5.06 Å². The zero-order valence-electron chi connectivity index (χ0n) is 22.3. The molecule has 1 atom stereocenters. The van der Waals surface area contributed by atoms with Crippen molar-refractivity contribution >= 4 is 5.97 Å². The van der Waals surface area contributed by atoms with Crippen molar-refractivity contribution in [3.63, 3.8) is 0 Å². The average Bonchev–Trinajstić information content (AvgIpc) is 2.86. The third-order valence-corrected chi connectivity index (χ3v) is 7.16. The predicted octanol–water partition coefficient (Wildman–Crippen LogP) is 7.06. The fraction of sp³-hybridized carbons (Fsp3) is 0.897. The molecule has 0 aliphatic carbocycles. The second kappa shape index (κ2) is 20.3. The fourth-order valence-electron chi connectivity index (χ4n) is 5.01. The molecule has 0 bridgehead atoms. The number of carbonyl (C=O) groups excluding carboxylic acids is 1. The van der Waals surface area contributed by atoms with Gasteiger partial charge < -0.3 is 4.74 Å². The maximum atomic E-state index is 12.5. The highest BCUT2D eigenvalue weighted by Gasteiger charge is 2.21. The smallest absolute Gasteiger partial charge is 0.306 e. The van der Waals surface area contributed by atoms with E-state index in [2.05, 4.69) is 24.0 Å². The van der Waals surface area contributed by atoms with Crippen LogP contribution in [0.5, 0.6) is 0 Å². The van der Waals surface area contributed by atoms with Gasteiger partial charge in [-0.15, -0.1) is 0 Å². The van der Waals surface area contributed by atoms with E-state index in [9.17, 15) is 4.79 Å². The SMILES string of the molecule is CCCCCCCCCCCCCCCC(=O)OC(CON1CC=CCC1)CN1CCCCC1. The molecule has 1 unspecified atom stereocenters. The molecule has 5 nitrogen and oxygen atoms in total. The van der Waals surface area contributed by atoms with Crippen molar-refractivity contribution in [3.8, 4) is 0 Å². The summed E-state index contributed by atoms with van der Waals surface area (Å²) in [7, 11) is 0. The lowest BCUT2D eigenvalue weighted by atomic mass is 10.0. The minimum atomic E-state index is -0.168. The van der Waals surface area contributed by atoms with Gasteiger partial charge in [-0.1, -0.05) is 103 Å². The second-order valence-electron chi connectivity index (χ2n) is 10.4. The molecule has 0 aromatic rings. The quantitative estimate of drug-likeness (QED) is 0.106. The topological polar surface area (TPSA) is 42.0 Å². The van der Waals surface area contributed by atoms with Crippen molar-refractivity contribution in [2.75, 3.05) is 39.3 Å². The minimum Gasteiger partial charge on any atom is -0.458 e. The second-order valence-corrected chi connectivity index (χ2v) is 10.4. The monoisotopic (exact) mass is 478 g/mol. The van der Waals surface area contributed by atoms with Gasteiger partial charge >= 0.3 is 5.97 Å². The van der Waals surface area contributed by atoms with Gasteiger partial charge in [0, 0.05) is 26.1 Å². The van der Waals surface area contributed by atoms with Gasteiger partial charge in [-0.05, 0) is 38.8 Å². The summed E-state index contributed by atoms with van der Waals surface area (Å²) >= 11 is 0. The van der Waals surface area contributed by atoms with Gasteiger partial charge in [0.15, 0.2) is 0 Å². The number of esters is 1. The van der Waals surface area contributed by atoms with Crippen LogP contribution in [0.1, 0.15) is 122 Å². The molecule has 0 aromatic heterocycles. The molecule has 34 heavy (non-hydrogen) atoms. The van der Waals surface area contributed by atoms with Crippen LogP contribution in [0.15, 0.2) is 12.2 Å². The zero-order chi connectivity index (χ0) is 24.1. The summed E-state index contributed by atoms with van der Waals surface area (Å²) in [6.07, 6.45) is 26.7. The third kappa shape index (κ3) is 15.2. The van der Waals surface area contributed by atoms with E-state index in [0.29, 0.717) is 13.0 Å². The van der Waals surface area contributed by atoms with Crippen LogP contribution >= 0.6 is 0 Å². The molecule has 198 valence electrons. The van der Waals surface area contributed by atoms with Crippen molar-refractivity contribution in [1.82, 2.24) is 9.96 Å². The van der Waals surface area contributed by atoms with Gasteiger partial charge in [0.05, 0.1) is 0 Å². The standard InChI is InChI=1S/C29H54N2O3/c1-2-3-4-5-6-7-8-9-10-11-12-13-16-21-29(32)34-28(26-30-22-17-14-18-23-30)27-33-31-24-19-15-20-25-31/h15,19,28H,2-14,16-18,20-27H2,1H3. The zero-order valence-corrected chi connectivity index (χ0v) is 22.3. The van der Waals surface area contributed by atoms with E-state index in [1.165, 1.54) is 89.9 Å². The van der Waals surface area contributed by atoms with E-state index < -0.39 is 0 Å². The lowest BCUT2D eigenvalue weighted by molar-refractivity contribution is -0.189. The molecule has 0 radical (unpaired) electrons. The van der Waals surface area contributed by atoms with Crippen LogP contribution in [0.25, 0.3) is 0 Å². The molecular weight excluding hydrogens is 424 g/mol. The Kier molecular flexibility index (Phi) is 17.5. The number of likely N-dealkylation sites (tertiary alicyclic amines) is 1. The van der Waals surface area contributed by atoms with Crippen LogP contribution in [0, 0.1) is 0 Å². The van der Waals surface area contributed by atoms with Crippen molar-refractivity contribution in [2.24, 2.45) is 0 Å². The van der Waals surface area contributed by atoms with Crippen LogP contribution in [0.4, 0.5) is 0 Å². The molecular formula is C29H54N2O3. The number of rotatable bonds is 20. The lowest BCUT2D eigenvalue weighted by Gasteiger charge is -2.31. The highest BCUT2D eigenvalue weighted by molar-refractivity contribution is 5.69. The van der Waals surface area contributed by atoms with Crippen molar-refractivity contribution < 1.29 is 14.4 Å². The maximum Gasteiger partial charge on any atom is 0.306 e. The normalized spacial score (nSPS) is 18.3. The van der Waals surface area contributed by atoms with Gasteiger partial charge in [-0.3, -0.25) is 14.5 Å². The Morgan fingerprint density at radius 2 is 1.41 bits per heavy atom. The Morgan fingerprint density at radius 1 is 0.794 bits per heavy atom. The van der Waals surface area contributed by atoms with Crippen molar-refractivity contribution in [2.45, 2.75) is 129 Å². The Bertz CT molecular complexity index is 520. The van der Waals surface area contributed by atoms with Crippen LogP contribution in [-0.2, 0) is 14.4 Å². The Morgan fingerprint density at radius 3 is 2.00 bits per heavy atom. The van der Waals surface area contributed by atoms with Crippen LogP contribution in [0.3, 0.4) is 0 Å². The highest BCUT2D eigenvalue weighted by Crippen LogP contribution is 2.15. The van der Waals surface area contributed by atoms with Gasteiger partial charge in [-0.2, -0.15) is 5.06 Å². The Hall–Kier alpha value is -0.910. The van der Waals surface area contributed by atoms with Crippen molar-refractivity contribution in [1.29, 1.82) is 0 Å². The first-order valence-electron chi connectivity index (χ1n) is 14.7. The van der Waals surface area contributed by atoms with Gasteiger partial charge in [-0.25, -0.2) is 0 Å². The van der Waals surface area contributed by atoms with E-state index in [-0.39, 0.29) is 12.1 Å². The summed E-state index contributed by atoms with van der Waals surface area (Å²) in [4.78, 5) is 21.0. The summed E-state index contributed by atoms with van der Waals surface area (Å²) in [5.41, 5.74) is 0. The number of unbranched alkanes of at least 4 members (excludes halogenated alkanes) is 12. The molecule has 2 heterocycles. The maximum absolute atomic E-state index is 12.5. The van der Waals surface area contributed by atoms with E-state index in [4.69, 9.17) is 9.57 Å². The first-order chi connectivity index (χ1) is 16.8. The third-order valence-electron chi connectivity index (χ3n) is 7.16. The van der Waals surface area contributed by atoms with Crippen LogP contribution in [-0.4, -0.2) is 61.4 Å². The minimum absolute atomic E-state index is 0.0489. The molecule has 0 N–H and O–H groups in total. The summed E-state index contributed by atoms with van der Waals surface area (Å²) in [5.74, 6) is -0.0489. The molecule has 0 spiro atoms. The number of nitrogens with zero attached hydrogens (tertiary/aromatic N) is 2. The van der Waals surface area contributed by atoms with Gasteiger partial charge in [0.25, 0.3) is 0 Å². The molecule has 0 aromatic carbocycles. The van der Waals surface area contributed by atoms with Gasteiger partial charge in [0.2, 0.25) is 0 Å². The van der Waals surface area contributed by atoms with E-state index in [0.717, 1.165) is 52.0 Å². The molecule has 2 aliphatic heterocycles. The van der Waals surface area contributed by atoms with Crippen molar-refractivity contribution in [3.05, 3.63) is 12.2 Å². The van der Waals surface area contributed by atoms with Crippen LogP contribution < -0.4 is 0 Å². The highest BCUT2D eigenvalue weighted by atomic mass is 16.7. The molecule has 1 saturated heterocycles. The molecule has 0 saturated carbocycles. The lowest BCUT2D eigenvalue weighted by Crippen LogP contribution is -2.42. The molecule has 2 rings (SSSR count). The molecule has 2 aliphatic rings.